The second kappa shape index (κ2) is 6.92. The summed E-state index contributed by atoms with van der Waals surface area (Å²) in [5.74, 6) is -0.516. The molecule has 0 aliphatic carbocycles. The highest BCUT2D eigenvalue weighted by Gasteiger charge is 2.20. The molecule has 0 saturated carbocycles. The number of carbonyl (C=O) groups excluding carboxylic acids is 1. The molecule has 28 heavy (non-hydrogen) atoms. The Labute approximate surface area is 159 Å². The van der Waals surface area contributed by atoms with E-state index in [1.54, 1.807) is 22.8 Å². The van der Waals surface area contributed by atoms with E-state index < -0.39 is 10.8 Å². The molecule has 0 unspecified atom stereocenters. The third kappa shape index (κ3) is 3.07. The number of carbonyl (C=O) groups is 1. The van der Waals surface area contributed by atoms with Crippen molar-refractivity contribution in [2.75, 3.05) is 5.32 Å². The van der Waals surface area contributed by atoms with Crippen LogP contribution < -0.4 is 5.32 Å². The van der Waals surface area contributed by atoms with Crippen molar-refractivity contribution in [1.29, 1.82) is 0 Å². The third-order valence-electron chi connectivity index (χ3n) is 4.34. The smallest absolute Gasteiger partial charge is 0.292 e. The minimum atomic E-state index is -0.542. The molecule has 0 radical (unpaired) electrons. The second-order valence-corrected chi connectivity index (χ2v) is 6.22. The zero-order valence-electron chi connectivity index (χ0n) is 14.9. The maximum Gasteiger partial charge on any atom is 0.292 e. The first-order valence-corrected chi connectivity index (χ1v) is 8.49. The van der Waals surface area contributed by atoms with Crippen molar-refractivity contribution in [3.8, 4) is 11.3 Å². The lowest BCUT2D eigenvalue weighted by atomic mass is 10.1. The van der Waals surface area contributed by atoms with Crippen molar-refractivity contribution in [3.05, 3.63) is 88.2 Å². The summed E-state index contributed by atoms with van der Waals surface area (Å²) in [6.07, 6.45) is 3.01. The maximum atomic E-state index is 12.7. The van der Waals surface area contributed by atoms with E-state index in [-0.39, 0.29) is 16.9 Å². The summed E-state index contributed by atoms with van der Waals surface area (Å²) in [6.45, 7) is 2.01. The third-order valence-corrected chi connectivity index (χ3v) is 4.34. The number of hydrogen-bond donors (Lipinski definition) is 1. The van der Waals surface area contributed by atoms with Gasteiger partial charge in [0.05, 0.1) is 16.8 Å². The van der Waals surface area contributed by atoms with Crippen LogP contribution in [-0.2, 0) is 0 Å². The van der Waals surface area contributed by atoms with Crippen molar-refractivity contribution < 1.29 is 9.72 Å². The number of nitro groups is 1. The number of nitrogens with zero attached hydrogens (tertiary/aromatic N) is 4. The lowest BCUT2D eigenvalue weighted by Crippen LogP contribution is -2.13. The molecule has 1 N–H and O–H groups in total. The van der Waals surface area contributed by atoms with Crippen molar-refractivity contribution in [3.63, 3.8) is 0 Å². The molecule has 0 fully saturated rings. The molecule has 1 amide bonds. The predicted octanol–water partition coefficient (Wildman–Crippen LogP) is 3.87. The van der Waals surface area contributed by atoms with Crippen molar-refractivity contribution in [2.24, 2.45) is 0 Å². The Balaban J connectivity index is 1.73. The van der Waals surface area contributed by atoms with Crippen LogP contribution in [-0.4, -0.2) is 25.4 Å². The van der Waals surface area contributed by atoms with Gasteiger partial charge in [0.2, 0.25) is 0 Å². The molecule has 0 saturated heterocycles. The summed E-state index contributed by atoms with van der Waals surface area (Å²) < 4.78 is 1.58. The Morgan fingerprint density at radius 3 is 2.61 bits per heavy atom. The van der Waals surface area contributed by atoms with Gasteiger partial charge in [-0.25, -0.2) is 9.50 Å². The first kappa shape index (κ1) is 17.3. The van der Waals surface area contributed by atoms with E-state index in [2.05, 4.69) is 15.4 Å². The molecule has 2 aromatic carbocycles. The molecule has 0 atom stereocenters. The number of hydrogen-bond acceptors (Lipinski definition) is 5. The number of amides is 1. The molecular formula is C20H15N5O3. The highest BCUT2D eigenvalue weighted by atomic mass is 16.6. The Kier molecular flexibility index (Phi) is 4.29. The minimum absolute atomic E-state index is 0.117. The molecule has 0 aliphatic heterocycles. The molecule has 4 aromatic rings. The van der Waals surface area contributed by atoms with E-state index in [1.165, 1.54) is 18.3 Å². The van der Waals surface area contributed by atoms with Crippen LogP contribution in [0.25, 0.3) is 16.9 Å². The summed E-state index contributed by atoms with van der Waals surface area (Å²) >= 11 is 0. The van der Waals surface area contributed by atoms with Crippen LogP contribution in [0.1, 0.15) is 15.9 Å². The van der Waals surface area contributed by atoms with Gasteiger partial charge in [-0.15, -0.1) is 0 Å². The predicted molar refractivity (Wildman–Crippen MR) is 104 cm³/mol. The number of aromatic nitrogens is 3. The number of benzene rings is 2. The summed E-state index contributed by atoms with van der Waals surface area (Å²) in [7, 11) is 0. The second-order valence-electron chi connectivity index (χ2n) is 6.22. The van der Waals surface area contributed by atoms with Crippen LogP contribution in [0.5, 0.6) is 0 Å². The molecule has 2 aromatic heterocycles. The Morgan fingerprint density at radius 1 is 1.11 bits per heavy atom. The van der Waals surface area contributed by atoms with E-state index in [4.69, 9.17) is 0 Å². The van der Waals surface area contributed by atoms with Crippen LogP contribution in [0.4, 0.5) is 11.4 Å². The fourth-order valence-electron chi connectivity index (χ4n) is 2.92. The van der Waals surface area contributed by atoms with Gasteiger partial charge in [-0.2, -0.15) is 5.10 Å². The average Bonchev–Trinajstić information content (AvgIpc) is 3.13. The standard InChI is InChI=1S/C20H15N5O3/c1-13-6-8-14(9-7-13)17-10-11-21-19-15(12-22-24(17)19)20(26)23-16-4-2-3-5-18(16)25(27)28/h2-12H,1H3,(H,23,26). The normalized spacial score (nSPS) is 10.8. The molecule has 8 nitrogen and oxygen atoms in total. The molecule has 0 spiro atoms. The minimum Gasteiger partial charge on any atom is -0.316 e. The average molecular weight is 373 g/mol. The fraction of sp³-hybridized carbons (Fsp3) is 0.0500. The Morgan fingerprint density at radius 2 is 1.86 bits per heavy atom. The van der Waals surface area contributed by atoms with Crippen LogP contribution in [0.2, 0.25) is 0 Å². The van der Waals surface area contributed by atoms with Gasteiger partial charge in [0, 0.05) is 17.8 Å². The number of anilines is 1. The molecule has 2 heterocycles. The first-order chi connectivity index (χ1) is 13.5. The van der Waals surface area contributed by atoms with Gasteiger partial charge in [-0.05, 0) is 19.1 Å². The Hall–Kier alpha value is -4.07. The first-order valence-electron chi connectivity index (χ1n) is 8.49. The quantitative estimate of drug-likeness (QED) is 0.432. The van der Waals surface area contributed by atoms with Crippen molar-refractivity contribution in [2.45, 2.75) is 6.92 Å². The van der Waals surface area contributed by atoms with Crippen molar-refractivity contribution in [1.82, 2.24) is 14.6 Å². The molecule has 8 heteroatoms. The zero-order chi connectivity index (χ0) is 19.7. The number of aryl methyl sites for hydroxylation is 1. The topological polar surface area (TPSA) is 102 Å². The number of fused-ring (bicyclic) bond motifs is 1. The largest absolute Gasteiger partial charge is 0.316 e. The molecule has 0 aliphatic rings. The fourth-order valence-corrected chi connectivity index (χ4v) is 2.92. The Bertz CT molecular complexity index is 1200. The van der Waals surface area contributed by atoms with Crippen LogP contribution >= 0.6 is 0 Å². The summed E-state index contributed by atoms with van der Waals surface area (Å²) in [4.78, 5) is 27.6. The van der Waals surface area contributed by atoms with Gasteiger partial charge in [-0.1, -0.05) is 42.0 Å². The van der Waals surface area contributed by atoms with Crippen LogP contribution in [0, 0.1) is 17.0 Å². The van der Waals surface area contributed by atoms with Crippen LogP contribution in [0.3, 0.4) is 0 Å². The zero-order valence-corrected chi connectivity index (χ0v) is 14.9. The van der Waals surface area contributed by atoms with E-state index >= 15 is 0 Å². The van der Waals surface area contributed by atoms with E-state index in [0.717, 1.165) is 16.8 Å². The number of para-hydroxylation sites is 2. The molecule has 138 valence electrons. The van der Waals surface area contributed by atoms with E-state index in [9.17, 15) is 14.9 Å². The van der Waals surface area contributed by atoms with Gasteiger partial charge in [0.15, 0.2) is 5.65 Å². The molecule has 4 rings (SSSR count). The highest BCUT2D eigenvalue weighted by Crippen LogP contribution is 2.25. The van der Waals surface area contributed by atoms with E-state index in [0.29, 0.717) is 5.65 Å². The number of nitro benzene ring substituents is 1. The lowest BCUT2D eigenvalue weighted by molar-refractivity contribution is -0.383. The summed E-state index contributed by atoms with van der Waals surface area (Å²) in [5.41, 5.74) is 3.40. The van der Waals surface area contributed by atoms with Crippen LogP contribution in [0.15, 0.2) is 67.0 Å². The van der Waals surface area contributed by atoms with Gasteiger partial charge < -0.3 is 5.32 Å². The monoisotopic (exact) mass is 373 g/mol. The lowest BCUT2D eigenvalue weighted by Gasteiger charge is -2.06. The summed E-state index contributed by atoms with van der Waals surface area (Å²) in [5, 5.41) is 18.0. The van der Waals surface area contributed by atoms with Gasteiger partial charge in [0.25, 0.3) is 11.6 Å². The number of rotatable bonds is 4. The maximum absolute atomic E-state index is 12.7. The SMILES string of the molecule is Cc1ccc(-c2ccnc3c(C(=O)Nc4ccccc4[N+](=O)[O-])cnn23)cc1. The summed E-state index contributed by atoms with van der Waals surface area (Å²) in [6, 6.07) is 15.7. The molecule has 0 bridgehead atoms. The van der Waals surface area contributed by atoms with Gasteiger partial charge >= 0.3 is 0 Å². The van der Waals surface area contributed by atoms with Crippen molar-refractivity contribution >= 4 is 22.9 Å². The molecular weight excluding hydrogens is 358 g/mol. The van der Waals surface area contributed by atoms with E-state index in [1.807, 2.05) is 37.3 Å². The number of nitrogens with one attached hydrogen (secondary N) is 1. The van der Waals surface area contributed by atoms with Gasteiger partial charge in [0.1, 0.15) is 11.3 Å². The van der Waals surface area contributed by atoms with Gasteiger partial charge in [-0.3, -0.25) is 14.9 Å². The highest BCUT2D eigenvalue weighted by molar-refractivity contribution is 6.09.